The van der Waals surface area contributed by atoms with Gasteiger partial charge in [0.2, 0.25) is 5.91 Å². The number of para-hydroxylation sites is 3. The third-order valence-electron chi connectivity index (χ3n) is 5.32. The summed E-state index contributed by atoms with van der Waals surface area (Å²) in [6.45, 7) is 3.56. The third-order valence-corrected chi connectivity index (χ3v) is 6.37. The molecule has 1 atom stereocenters. The lowest BCUT2D eigenvalue weighted by atomic mass is 10.3. The van der Waals surface area contributed by atoms with E-state index in [9.17, 15) is 9.59 Å². The largest absolute Gasteiger partial charge is 0.495 e. The van der Waals surface area contributed by atoms with E-state index in [4.69, 9.17) is 4.74 Å². The van der Waals surface area contributed by atoms with E-state index in [1.54, 1.807) is 43.6 Å². The summed E-state index contributed by atoms with van der Waals surface area (Å²) in [4.78, 5) is 26.1. The molecule has 0 radical (unpaired) electrons. The number of hydrogen-bond donors (Lipinski definition) is 1. The average Bonchev–Trinajstić information content (AvgIpc) is 3.37. The molecule has 1 amide bonds. The van der Waals surface area contributed by atoms with Gasteiger partial charge in [-0.1, -0.05) is 42.1 Å². The molecule has 0 fully saturated rings. The Kier molecular flexibility index (Phi) is 6.36. The highest BCUT2D eigenvalue weighted by Gasteiger charge is 2.23. The summed E-state index contributed by atoms with van der Waals surface area (Å²) < 4.78 is 10.4. The number of aromatic nitrogens is 5. The zero-order chi connectivity index (χ0) is 23.5. The Morgan fingerprint density at radius 1 is 1.12 bits per heavy atom. The Labute approximate surface area is 195 Å². The average molecular weight is 465 g/mol. The van der Waals surface area contributed by atoms with Crippen molar-refractivity contribution in [1.29, 1.82) is 0 Å². The number of amides is 1. The first-order valence-corrected chi connectivity index (χ1v) is 11.1. The van der Waals surface area contributed by atoms with Gasteiger partial charge in [-0.3, -0.25) is 18.8 Å². The van der Waals surface area contributed by atoms with E-state index in [2.05, 4.69) is 15.5 Å². The maximum atomic E-state index is 13.1. The number of carbonyl (C=O) groups is 1. The molecule has 0 spiro atoms. The predicted molar refractivity (Wildman–Crippen MR) is 128 cm³/mol. The minimum atomic E-state index is -0.535. The van der Waals surface area contributed by atoms with E-state index in [-0.39, 0.29) is 17.2 Å². The van der Waals surface area contributed by atoms with E-state index in [1.807, 2.05) is 54.6 Å². The molecule has 4 rings (SSSR count). The van der Waals surface area contributed by atoms with Gasteiger partial charge in [0.25, 0.3) is 5.56 Å². The fourth-order valence-electron chi connectivity index (χ4n) is 3.45. The molecule has 2 aromatic heterocycles. The topological polar surface area (TPSA) is 96.0 Å². The maximum Gasteiger partial charge on any atom is 0.295 e. The molecule has 33 heavy (non-hydrogen) atoms. The van der Waals surface area contributed by atoms with Crippen molar-refractivity contribution in [2.24, 2.45) is 7.05 Å². The molecule has 9 nitrogen and oxygen atoms in total. The molecule has 0 aliphatic rings. The highest BCUT2D eigenvalue weighted by Crippen LogP contribution is 2.29. The van der Waals surface area contributed by atoms with E-state index < -0.39 is 5.25 Å². The number of carbonyl (C=O) groups excluding carboxylic acids is 1. The standard InChI is InChI=1S/C23H24N6O3S/c1-15-20(22(31)29(27(15)3)17-10-6-5-7-11-17)25-21(30)16(2)33-23-26-24-14-28(23)18-12-8-9-13-19(18)32-4/h5-14,16H,1-4H3,(H,25,30)/t16-/m1/s1. The Hall–Kier alpha value is -3.79. The molecule has 10 heteroatoms. The zero-order valence-corrected chi connectivity index (χ0v) is 19.5. The minimum absolute atomic E-state index is 0.255. The lowest BCUT2D eigenvalue weighted by Crippen LogP contribution is -2.27. The van der Waals surface area contributed by atoms with Crippen molar-refractivity contribution >= 4 is 23.4 Å². The highest BCUT2D eigenvalue weighted by molar-refractivity contribution is 8.00. The fraction of sp³-hybridized carbons (Fsp3) is 0.217. The molecule has 0 bridgehead atoms. The molecule has 4 aromatic rings. The smallest absolute Gasteiger partial charge is 0.295 e. The van der Waals surface area contributed by atoms with Crippen LogP contribution in [0.3, 0.4) is 0 Å². The van der Waals surface area contributed by atoms with Crippen molar-refractivity contribution in [1.82, 2.24) is 24.1 Å². The number of anilines is 1. The van der Waals surface area contributed by atoms with Crippen LogP contribution >= 0.6 is 11.8 Å². The lowest BCUT2D eigenvalue weighted by molar-refractivity contribution is -0.115. The molecule has 170 valence electrons. The van der Waals surface area contributed by atoms with Crippen LogP contribution in [0.1, 0.15) is 12.6 Å². The van der Waals surface area contributed by atoms with Crippen molar-refractivity contribution in [2.75, 3.05) is 12.4 Å². The normalized spacial score (nSPS) is 11.9. The molecule has 2 heterocycles. The van der Waals surface area contributed by atoms with Gasteiger partial charge in [0, 0.05) is 7.05 Å². The van der Waals surface area contributed by atoms with Gasteiger partial charge in [-0.15, -0.1) is 10.2 Å². The van der Waals surface area contributed by atoms with Crippen LogP contribution in [0.2, 0.25) is 0 Å². The Balaban J connectivity index is 1.56. The Morgan fingerprint density at radius 3 is 2.55 bits per heavy atom. The number of nitrogens with zero attached hydrogens (tertiary/aromatic N) is 5. The third kappa shape index (κ3) is 4.29. The van der Waals surface area contributed by atoms with Crippen molar-refractivity contribution < 1.29 is 9.53 Å². The maximum absolute atomic E-state index is 13.1. The lowest BCUT2D eigenvalue weighted by Gasteiger charge is -2.13. The fourth-order valence-corrected chi connectivity index (χ4v) is 4.28. The van der Waals surface area contributed by atoms with Gasteiger partial charge in [-0.05, 0) is 38.1 Å². The van der Waals surface area contributed by atoms with Crippen LogP contribution in [0.5, 0.6) is 5.75 Å². The van der Waals surface area contributed by atoms with Crippen LogP contribution in [0, 0.1) is 6.92 Å². The van der Waals surface area contributed by atoms with Crippen molar-refractivity contribution in [3.8, 4) is 17.1 Å². The van der Waals surface area contributed by atoms with E-state index in [0.29, 0.717) is 16.6 Å². The van der Waals surface area contributed by atoms with Gasteiger partial charge in [-0.25, -0.2) is 4.68 Å². The summed E-state index contributed by atoms with van der Waals surface area (Å²) in [6.07, 6.45) is 1.57. The van der Waals surface area contributed by atoms with Crippen LogP contribution in [-0.2, 0) is 11.8 Å². The van der Waals surface area contributed by atoms with Crippen molar-refractivity contribution in [3.05, 3.63) is 77.0 Å². The Bertz CT molecular complexity index is 1340. The highest BCUT2D eigenvalue weighted by atomic mass is 32.2. The summed E-state index contributed by atoms with van der Waals surface area (Å²) >= 11 is 1.24. The van der Waals surface area contributed by atoms with Gasteiger partial charge in [0.15, 0.2) is 5.16 Å². The second kappa shape index (κ2) is 9.37. The van der Waals surface area contributed by atoms with Gasteiger partial charge in [-0.2, -0.15) is 0 Å². The first-order chi connectivity index (χ1) is 15.9. The van der Waals surface area contributed by atoms with E-state index in [1.165, 1.54) is 16.4 Å². The quantitative estimate of drug-likeness (QED) is 0.422. The summed E-state index contributed by atoms with van der Waals surface area (Å²) in [6, 6.07) is 16.8. The van der Waals surface area contributed by atoms with Crippen molar-refractivity contribution in [2.45, 2.75) is 24.3 Å². The van der Waals surface area contributed by atoms with E-state index in [0.717, 1.165) is 11.4 Å². The second-order valence-electron chi connectivity index (χ2n) is 7.34. The van der Waals surface area contributed by atoms with E-state index >= 15 is 0 Å². The second-order valence-corrected chi connectivity index (χ2v) is 8.65. The number of methoxy groups -OCH3 is 1. The number of ether oxygens (including phenoxy) is 1. The number of hydrogen-bond acceptors (Lipinski definition) is 6. The predicted octanol–water partition coefficient (Wildman–Crippen LogP) is 3.19. The molecule has 0 aliphatic heterocycles. The molecule has 1 N–H and O–H groups in total. The summed E-state index contributed by atoms with van der Waals surface area (Å²) in [5, 5.41) is 11.0. The number of thioether (sulfide) groups is 1. The zero-order valence-electron chi connectivity index (χ0n) is 18.7. The molecule has 0 aliphatic carbocycles. The first kappa shape index (κ1) is 22.4. The minimum Gasteiger partial charge on any atom is -0.495 e. The number of nitrogens with one attached hydrogen (secondary N) is 1. The SMILES string of the molecule is COc1ccccc1-n1cnnc1S[C@H](C)C(=O)Nc1c(C)n(C)n(-c2ccccc2)c1=O. The first-order valence-electron chi connectivity index (χ1n) is 10.3. The molecule has 0 saturated carbocycles. The van der Waals surface area contributed by atoms with Crippen LogP contribution in [-0.4, -0.2) is 42.4 Å². The Morgan fingerprint density at radius 2 is 1.82 bits per heavy atom. The molecule has 0 saturated heterocycles. The molecule has 0 unspecified atom stereocenters. The van der Waals surface area contributed by atoms with Crippen LogP contribution in [0.15, 0.2) is 70.9 Å². The van der Waals surface area contributed by atoms with Gasteiger partial charge in [0.1, 0.15) is 17.8 Å². The van der Waals surface area contributed by atoms with Crippen LogP contribution in [0.4, 0.5) is 5.69 Å². The summed E-state index contributed by atoms with van der Waals surface area (Å²) in [7, 11) is 3.38. The summed E-state index contributed by atoms with van der Waals surface area (Å²) in [5.41, 5.74) is 2.12. The van der Waals surface area contributed by atoms with Gasteiger partial charge < -0.3 is 10.1 Å². The molecular formula is C23H24N6O3S. The van der Waals surface area contributed by atoms with Crippen molar-refractivity contribution in [3.63, 3.8) is 0 Å². The monoisotopic (exact) mass is 464 g/mol. The number of rotatable bonds is 7. The molecular weight excluding hydrogens is 440 g/mol. The summed E-state index contributed by atoms with van der Waals surface area (Å²) in [5.74, 6) is 0.359. The van der Waals surface area contributed by atoms with Crippen LogP contribution < -0.4 is 15.6 Å². The van der Waals surface area contributed by atoms with Gasteiger partial charge in [0.05, 0.1) is 29.4 Å². The van der Waals surface area contributed by atoms with Gasteiger partial charge >= 0.3 is 0 Å². The van der Waals surface area contributed by atoms with Crippen LogP contribution in [0.25, 0.3) is 11.4 Å². The number of benzene rings is 2. The molecule has 2 aromatic carbocycles.